The molecule has 0 unspecified atom stereocenters. The van der Waals surface area contributed by atoms with Gasteiger partial charge in [-0.15, -0.1) is 0 Å². The molecule has 0 bridgehead atoms. The van der Waals surface area contributed by atoms with Crippen LogP contribution in [-0.4, -0.2) is 4.57 Å². The minimum absolute atomic E-state index is 0.545. The molecular formula is C55H34N2O. The van der Waals surface area contributed by atoms with E-state index in [-0.39, 0.29) is 0 Å². The van der Waals surface area contributed by atoms with E-state index in [0.717, 1.165) is 50.1 Å². The molecule has 3 heteroatoms. The molecule has 2 aromatic heterocycles. The number of benzene rings is 9. The number of para-hydroxylation sites is 5. The molecule has 58 heavy (non-hydrogen) atoms. The average molecular weight is 739 g/mol. The van der Waals surface area contributed by atoms with Crippen molar-refractivity contribution in [2.45, 2.75) is 5.41 Å². The van der Waals surface area contributed by atoms with Gasteiger partial charge in [-0.25, -0.2) is 0 Å². The van der Waals surface area contributed by atoms with Crippen molar-refractivity contribution in [1.82, 2.24) is 4.57 Å². The van der Waals surface area contributed by atoms with Crippen LogP contribution >= 0.6 is 0 Å². The maximum Gasteiger partial charge on any atom is 0.136 e. The molecule has 0 N–H and O–H groups in total. The second-order valence-electron chi connectivity index (χ2n) is 15.6. The molecule has 1 aliphatic carbocycles. The second-order valence-corrected chi connectivity index (χ2v) is 15.6. The first-order valence-corrected chi connectivity index (χ1v) is 20.0. The van der Waals surface area contributed by atoms with Gasteiger partial charge in [0.25, 0.3) is 0 Å². The van der Waals surface area contributed by atoms with Gasteiger partial charge in [-0.1, -0.05) is 146 Å². The standard InChI is InChI=1S/C55H34N2O/c1-2-15-36(16-3-1)56(49-26-11-6-17-38(49)35-29-31-43-42-21-8-13-28-52(42)58-53(43)33-35)37-30-32-51-48(34-37)55(45-23-9-4-18-39(45)40-19-5-10-24-46(40)55)47-25-14-22-44-41-20-7-12-27-50(41)57(51)54(44)47/h1-34H. The fourth-order valence-electron chi connectivity index (χ4n) is 10.5. The minimum atomic E-state index is -0.545. The smallest absolute Gasteiger partial charge is 0.136 e. The Balaban J connectivity index is 1.11. The van der Waals surface area contributed by atoms with Crippen molar-refractivity contribution >= 4 is 60.8 Å². The monoisotopic (exact) mass is 738 g/mol. The Labute approximate surface area is 335 Å². The lowest BCUT2D eigenvalue weighted by molar-refractivity contribution is 0.669. The van der Waals surface area contributed by atoms with Crippen molar-refractivity contribution in [3.63, 3.8) is 0 Å². The van der Waals surface area contributed by atoms with Crippen LogP contribution < -0.4 is 4.90 Å². The molecule has 2 aliphatic rings. The summed E-state index contributed by atoms with van der Waals surface area (Å²) in [6.07, 6.45) is 0. The fourth-order valence-corrected chi connectivity index (χ4v) is 10.5. The van der Waals surface area contributed by atoms with Crippen LogP contribution in [0.25, 0.3) is 71.7 Å². The number of aromatic nitrogens is 1. The van der Waals surface area contributed by atoms with Gasteiger partial charge in [0.2, 0.25) is 0 Å². The predicted molar refractivity (Wildman–Crippen MR) is 239 cm³/mol. The predicted octanol–water partition coefficient (Wildman–Crippen LogP) is 14.5. The van der Waals surface area contributed by atoms with Gasteiger partial charge in [0.05, 0.1) is 27.8 Å². The molecule has 3 heterocycles. The van der Waals surface area contributed by atoms with E-state index in [2.05, 4.69) is 204 Å². The van der Waals surface area contributed by atoms with Gasteiger partial charge >= 0.3 is 0 Å². The normalized spacial score (nSPS) is 13.3. The van der Waals surface area contributed by atoms with Crippen LogP contribution in [0.3, 0.4) is 0 Å². The number of anilines is 3. The van der Waals surface area contributed by atoms with Crippen LogP contribution in [0.4, 0.5) is 17.1 Å². The molecule has 0 saturated carbocycles. The number of hydrogen-bond acceptors (Lipinski definition) is 2. The van der Waals surface area contributed by atoms with E-state index in [0.29, 0.717) is 0 Å². The number of nitrogens with zero attached hydrogens (tertiary/aromatic N) is 2. The first kappa shape index (κ1) is 31.6. The molecule has 3 nitrogen and oxygen atoms in total. The third kappa shape index (κ3) is 4.07. The summed E-state index contributed by atoms with van der Waals surface area (Å²) in [7, 11) is 0. The van der Waals surface area contributed by atoms with Gasteiger partial charge in [0.15, 0.2) is 0 Å². The van der Waals surface area contributed by atoms with Gasteiger partial charge in [0.1, 0.15) is 11.2 Å². The molecule has 13 rings (SSSR count). The number of fused-ring (bicyclic) bond motifs is 15. The zero-order valence-electron chi connectivity index (χ0n) is 31.4. The van der Waals surface area contributed by atoms with Crippen molar-refractivity contribution in [2.24, 2.45) is 0 Å². The van der Waals surface area contributed by atoms with Crippen LogP contribution in [-0.2, 0) is 5.41 Å². The first-order valence-electron chi connectivity index (χ1n) is 20.0. The summed E-state index contributed by atoms with van der Waals surface area (Å²) in [5, 5.41) is 4.81. The van der Waals surface area contributed by atoms with Crippen LogP contribution in [0.1, 0.15) is 22.3 Å². The van der Waals surface area contributed by atoms with E-state index >= 15 is 0 Å². The molecule has 0 amide bonds. The highest BCUT2D eigenvalue weighted by Gasteiger charge is 2.51. The fraction of sp³-hybridized carbons (Fsp3) is 0.0182. The largest absolute Gasteiger partial charge is 0.456 e. The highest BCUT2D eigenvalue weighted by atomic mass is 16.3. The van der Waals surface area contributed by atoms with Gasteiger partial charge in [-0.2, -0.15) is 0 Å². The zero-order valence-corrected chi connectivity index (χ0v) is 31.4. The average Bonchev–Trinajstić information content (AvgIpc) is 3.93. The van der Waals surface area contributed by atoms with Crippen molar-refractivity contribution < 1.29 is 4.42 Å². The molecule has 1 aliphatic heterocycles. The molecule has 0 atom stereocenters. The lowest BCUT2D eigenvalue weighted by atomic mass is 9.65. The SMILES string of the molecule is c1ccc(N(c2ccc3c(c2)C2(c4ccccc4-c4ccccc42)c2cccc4c5ccccc5n-3c24)c2ccccc2-c2ccc3c(c2)oc2ccccc23)cc1. The molecule has 1 spiro atoms. The lowest BCUT2D eigenvalue weighted by Gasteiger charge is -2.40. The van der Waals surface area contributed by atoms with Crippen LogP contribution in [0, 0.1) is 0 Å². The highest BCUT2D eigenvalue weighted by molar-refractivity contribution is 6.13. The van der Waals surface area contributed by atoms with E-state index in [1.165, 1.54) is 60.9 Å². The maximum atomic E-state index is 6.42. The van der Waals surface area contributed by atoms with Crippen molar-refractivity contribution in [2.75, 3.05) is 4.90 Å². The van der Waals surface area contributed by atoms with Gasteiger partial charge in [0, 0.05) is 38.5 Å². The Morgan fingerprint density at radius 3 is 1.86 bits per heavy atom. The zero-order chi connectivity index (χ0) is 38.0. The Morgan fingerprint density at radius 1 is 0.397 bits per heavy atom. The summed E-state index contributed by atoms with van der Waals surface area (Å²) in [5.74, 6) is 0. The van der Waals surface area contributed by atoms with Crippen LogP contribution in [0.5, 0.6) is 0 Å². The van der Waals surface area contributed by atoms with E-state index in [9.17, 15) is 0 Å². The number of rotatable bonds is 4. The Morgan fingerprint density at radius 2 is 1.03 bits per heavy atom. The lowest BCUT2D eigenvalue weighted by Crippen LogP contribution is -2.33. The molecule has 270 valence electrons. The second kappa shape index (κ2) is 11.7. The van der Waals surface area contributed by atoms with E-state index in [1.807, 2.05) is 12.1 Å². The third-order valence-corrected chi connectivity index (χ3v) is 12.8. The Bertz CT molecular complexity index is 3430. The molecule has 0 saturated heterocycles. The summed E-state index contributed by atoms with van der Waals surface area (Å²) >= 11 is 0. The van der Waals surface area contributed by atoms with Crippen molar-refractivity contribution in [3.8, 4) is 27.9 Å². The molecular weight excluding hydrogens is 705 g/mol. The van der Waals surface area contributed by atoms with E-state index in [1.54, 1.807) is 0 Å². The highest BCUT2D eigenvalue weighted by Crippen LogP contribution is 2.61. The summed E-state index contributed by atoms with van der Waals surface area (Å²) in [6.45, 7) is 0. The van der Waals surface area contributed by atoms with Gasteiger partial charge in [-0.05, 0) is 99.6 Å². The van der Waals surface area contributed by atoms with Crippen molar-refractivity contribution in [1.29, 1.82) is 0 Å². The number of furan rings is 1. The third-order valence-electron chi connectivity index (χ3n) is 12.8. The maximum absolute atomic E-state index is 6.42. The van der Waals surface area contributed by atoms with Crippen LogP contribution in [0.15, 0.2) is 211 Å². The molecule has 9 aromatic carbocycles. The molecule has 0 radical (unpaired) electrons. The van der Waals surface area contributed by atoms with Gasteiger partial charge in [-0.3, -0.25) is 0 Å². The Hall–Kier alpha value is -7.62. The quantitative estimate of drug-likeness (QED) is 0.179. The number of hydrogen-bond donors (Lipinski definition) is 0. The summed E-state index contributed by atoms with van der Waals surface area (Å²) in [5.41, 5.74) is 18.3. The molecule has 11 aromatic rings. The van der Waals surface area contributed by atoms with E-state index in [4.69, 9.17) is 4.42 Å². The minimum Gasteiger partial charge on any atom is -0.456 e. The van der Waals surface area contributed by atoms with Crippen molar-refractivity contribution in [3.05, 3.63) is 229 Å². The van der Waals surface area contributed by atoms with Gasteiger partial charge < -0.3 is 13.9 Å². The summed E-state index contributed by atoms with van der Waals surface area (Å²) in [6, 6.07) is 75.6. The Kier molecular flexibility index (Phi) is 6.37. The first-order chi connectivity index (χ1) is 28.8. The van der Waals surface area contributed by atoms with E-state index < -0.39 is 5.41 Å². The topological polar surface area (TPSA) is 21.3 Å². The van der Waals surface area contributed by atoms with Crippen LogP contribution in [0.2, 0.25) is 0 Å². The summed E-state index contributed by atoms with van der Waals surface area (Å²) < 4.78 is 8.94. The summed E-state index contributed by atoms with van der Waals surface area (Å²) in [4.78, 5) is 2.43. The molecule has 0 fully saturated rings.